The fourth-order valence-corrected chi connectivity index (χ4v) is 9.34. The molecule has 0 saturated heterocycles. The molecule has 0 aromatic heterocycles. The standard InChI is InChI=1S/C51H99NO21S4/c1-4-7-9-11-13-15-17-19-21-23-25-27-29-31-33-35-37-66-42-48(67-38-36-34-32-30-28-26-24-22-20-18-16-14-12-10-8-5-2)39-51(53)52(6-3)47(40-68-49(43-70-74(54,55)56)44-71-75(57,58)59)41-69-50(45-72-76(60,61)62)46-73-77(63,64)65/h19-22,47-50H,4-18,23-46H2,1-3H3,(H,54,55,56)(H,57,58,59)(H,60,61,62)(H,63,64,65)/b21-19-,22-20-. The van der Waals surface area contributed by atoms with Gasteiger partial charge in [0.2, 0.25) is 5.91 Å². The molecule has 0 bridgehead atoms. The Morgan fingerprint density at radius 2 is 0.701 bits per heavy atom. The normalized spacial score (nSPS) is 13.4. The monoisotopic (exact) mass is 1190 g/mol. The van der Waals surface area contributed by atoms with Gasteiger partial charge in [0.25, 0.3) is 0 Å². The first kappa shape index (κ1) is 75.3. The van der Waals surface area contributed by atoms with E-state index in [-0.39, 0.29) is 19.6 Å². The molecule has 458 valence electrons. The summed E-state index contributed by atoms with van der Waals surface area (Å²) in [5.41, 5.74) is 0. The molecule has 1 atom stereocenters. The molecule has 0 rings (SSSR count). The number of likely N-dealkylation sites (N-methyl/N-ethyl adjacent to an activating group) is 1. The van der Waals surface area contributed by atoms with Gasteiger partial charge in [-0.2, -0.15) is 33.7 Å². The Morgan fingerprint density at radius 1 is 0.390 bits per heavy atom. The molecule has 22 nitrogen and oxygen atoms in total. The van der Waals surface area contributed by atoms with E-state index in [1.165, 1.54) is 81.9 Å². The fourth-order valence-electron chi connectivity index (χ4n) is 8.04. The molecule has 0 aliphatic rings. The van der Waals surface area contributed by atoms with Crippen molar-refractivity contribution in [1.82, 2.24) is 4.90 Å². The SMILES string of the molecule is CCCCCCCC/C=C\CCCCCCCCOCC(CC(=O)N(CC)C(COC(COS(=O)(=O)O)COS(=O)(=O)O)COC(COS(=O)(=O)O)COS(=O)(=O)O)OCCCCCCCC/C=C\CCCCCCCC. The number of allylic oxidation sites excluding steroid dienone is 4. The van der Waals surface area contributed by atoms with Crippen molar-refractivity contribution in [2.75, 3.05) is 66.0 Å². The van der Waals surface area contributed by atoms with Crippen molar-refractivity contribution in [3.05, 3.63) is 24.3 Å². The second-order valence-electron chi connectivity index (χ2n) is 19.2. The molecule has 0 radical (unpaired) electrons. The van der Waals surface area contributed by atoms with Gasteiger partial charge in [-0.05, 0) is 71.1 Å². The van der Waals surface area contributed by atoms with Crippen molar-refractivity contribution in [3.8, 4) is 0 Å². The van der Waals surface area contributed by atoms with Crippen molar-refractivity contribution in [1.29, 1.82) is 0 Å². The molecular weight excluding hydrogens is 1090 g/mol. The van der Waals surface area contributed by atoms with Crippen LogP contribution in [0.1, 0.15) is 207 Å². The van der Waals surface area contributed by atoms with E-state index in [4.69, 9.17) is 37.2 Å². The Balaban J connectivity index is 5.86. The summed E-state index contributed by atoms with van der Waals surface area (Å²) in [7, 11) is -20.4. The third-order valence-electron chi connectivity index (χ3n) is 12.3. The maximum atomic E-state index is 14.2. The second-order valence-corrected chi connectivity index (χ2v) is 23.6. The number of hydrogen-bond acceptors (Lipinski definition) is 17. The van der Waals surface area contributed by atoms with E-state index < -0.39 is 111 Å². The average Bonchev–Trinajstić information content (AvgIpc) is 3.34. The van der Waals surface area contributed by atoms with Gasteiger partial charge in [0.1, 0.15) is 12.2 Å². The number of nitrogens with zero attached hydrogens (tertiary/aromatic N) is 1. The molecule has 0 heterocycles. The van der Waals surface area contributed by atoms with Gasteiger partial charge in [-0.1, -0.05) is 154 Å². The summed E-state index contributed by atoms with van der Waals surface area (Å²) in [6.07, 6.45) is 37.1. The molecule has 4 N–H and O–H groups in total. The number of amides is 1. The first-order valence-corrected chi connectivity index (χ1v) is 33.5. The van der Waals surface area contributed by atoms with Crippen molar-refractivity contribution < 1.29 is 92.4 Å². The summed E-state index contributed by atoms with van der Waals surface area (Å²) in [5, 5.41) is 0. The smallest absolute Gasteiger partial charge is 0.379 e. The number of unbranched alkanes of at least 4 members (excludes halogenated alkanes) is 24. The van der Waals surface area contributed by atoms with Gasteiger partial charge in [0.15, 0.2) is 0 Å². The van der Waals surface area contributed by atoms with E-state index in [1.807, 2.05) is 0 Å². The second kappa shape index (κ2) is 47.9. The van der Waals surface area contributed by atoms with E-state index in [0.29, 0.717) is 13.2 Å². The zero-order chi connectivity index (χ0) is 57.5. The predicted octanol–water partition coefficient (Wildman–Crippen LogP) is 10.1. The largest absolute Gasteiger partial charge is 0.397 e. The highest BCUT2D eigenvalue weighted by molar-refractivity contribution is 7.81. The third-order valence-corrected chi connectivity index (χ3v) is 14.0. The highest BCUT2D eigenvalue weighted by Crippen LogP contribution is 2.16. The van der Waals surface area contributed by atoms with Crippen LogP contribution in [0, 0.1) is 0 Å². The van der Waals surface area contributed by atoms with Crippen molar-refractivity contribution in [2.24, 2.45) is 0 Å². The summed E-state index contributed by atoms with van der Waals surface area (Å²) >= 11 is 0. The molecule has 1 unspecified atom stereocenters. The molecular formula is C51H99NO21S4. The number of carbonyl (C=O) groups excluding carboxylic acids is 1. The number of hydrogen-bond donors (Lipinski definition) is 4. The van der Waals surface area contributed by atoms with E-state index in [2.05, 4.69) is 54.9 Å². The van der Waals surface area contributed by atoms with Crippen LogP contribution in [0.2, 0.25) is 0 Å². The molecule has 0 aliphatic heterocycles. The summed E-state index contributed by atoms with van der Waals surface area (Å²) < 4.78 is 168. The zero-order valence-electron chi connectivity index (χ0n) is 46.5. The van der Waals surface area contributed by atoms with Crippen LogP contribution >= 0.6 is 0 Å². The first-order valence-electron chi connectivity index (χ1n) is 28.1. The lowest BCUT2D eigenvalue weighted by Gasteiger charge is -2.33. The summed E-state index contributed by atoms with van der Waals surface area (Å²) in [6.45, 7) is 1.34. The quantitative estimate of drug-likeness (QED) is 0.0250. The van der Waals surface area contributed by atoms with E-state index in [9.17, 15) is 38.5 Å². The Morgan fingerprint density at radius 3 is 1.03 bits per heavy atom. The van der Waals surface area contributed by atoms with Crippen LogP contribution in [0.15, 0.2) is 24.3 Å². The van der Waals surface area contributed by atoms with E-state index in [1.54, 1.807) is 6.92 Å². The van der Waals surface area contributed by atoms with Gasteiger partial charge in [-0.3, -0.25) is 23.0 Å². The van der Waals surface area contributed by atoms with Gasteiger partial charge in [-0.25, -0.2) is 16.7 Å². The average molecular weight is 1190 g/mol. The van der Waals surface area contributed by atoms with Gasteiger partial charge in [0.05, 0.1) is 64.8 Å². The highest BCUT2D eigenvalue weighted by atomic mass is 32.3. The maximum absolute atomic E-state index is 14.2. The van der Waals surface area contributed by atoms with Gasteiger partial charge < -0.3 is 23.8 Å². The summed E-state index contributed by atoms with van der Waals surface area (Å²) in [6, 6.07) is -1.25. The Bertz CT molecular complexity index is 1790. The minimum Gasteiger partial charge on any atom is -0.379 e. The lowest BCUT2D eigenvalue weighted by atomic mass is 10.1. The number of rotatable bonds is 57. The van der Waals surface area contributed by atoms with Crippen LogP contribution in [0.5, 0.6) is 0 Å². The molecule has 0 aliphatic carbocycles. The zero-order valence-corrected chi connectivity index (χ0v) is 49.8. The Kier molecular flexibility index (Phi) is 46.8. The van der Waals surface area contributed by atoms with Crippen molar-refractivity contribution >= 4 is 47.5 Å². The minimum atomic E-state index is -5.10. The van der Waals surface area contributed by atoms with Crippen LogP contribution < -0.4 is 0 Å². The number of ether oxygens (including phenoxy) is 4. The molecule has 0 fully saturated rings. The van der Waals surface area contributed by atoms with Crippen LogP contribution in [0.25, 0.3) is 0 Å². The van der Waals surface area contributed by atoms with Crippen LogP contribution in [0.4, 0.5) is 0 Å². The molecule has 0 aromatic carbocycles. The minimum absolute atomic E-state index is 0.0599. The lowest BCUT2D eigenvalue weighted by Crippen LogP contribution is -2.49. The third kappa shape index (κ3) is 53.4. The maximum Gasteiger partial charge on any atom is 0.397 e. The predicted molar refractivity (Wildman–Crippen MR) is 295 cm³/mol. The van der Waals surface area contributed by atoms with Crippen LogP contribution in [-0.4, -0.2) is 153 Å². The van der Waals surface area contributed by atoms with E-state index in [0.717, 1.165) is 103 Å². The van der Waals surface area contributed by atoms with E-state index >= 15 is 0 Å². The summed E-state index contributed by atoms with van der Waals surface area (Å²) in [4.78, 5) is 15.5. The molecule has 1 amide bonds. The lowest BCUT2D eigenvalue weighted by molar-refractivity contribution is -0.144. The highest BCUT2D eigenvalue weighted by Gasteiger charge is 2.30. The van der Waals surface area contributed by atoms with Gasteiger partial charge in [0, 0.05) is 19.8 Å². The molecule has 77 heavy (non-hydrogen) atoms. The molecule has 0 aromatic rings. The van der Waals surface area contributed by atoms with Gasteiger partial charge >= 0.3 is 41.6 Å². The molecule has 0 saturated carbocycles. The molecule has 0 spiro atoms. The van der Waals surface area contributed by atoms with Gasteiger partial charge in [-0.15, -0.1) is 0 Å². The number of carbonyl (C=O) groups is 1. The van der Waals surface area contributed by atoms with Crippen molar-refractivity contribution in [2.45, 2.75) is 231 Å². The summed E-state index contributed by atoms with van der Waals surface area (Å²) in [5.74, 6) is -0.545. The Hall–Kier alpha value is -1.73. The molecule has 26 heteroatoms. The van der Waals surface area contributed by atoms with Crippen LogP contribution in [-0.2, 0) is 82.1 Å². The van der Waals surface area contributed by atoms with Crippen molar-refractivity contribution in [3.63, 3.8) is 0 Å². The van der Waals surface area contributed by atoms with Crippen LogP contribution in [0.3, 0.4) is 0 Å². The topological polar surface area (TPSA) is 312 Å². The fraction of sp³-hybridized carbons (Fsp3) is 0.902. The first-order chi connectivity index (χ1) is 36.6. The Labute approximate surface area is 464 Å².